The highest BCUT2D eigenvalue weighted by Crippen LogP contribution is 2.23. The average molecular weight is 254 g/mol. The number of nitrogens with zero attached hydrogens (tertiary/aromatic N) is 1. The molecule has 0 aromatic heterocycles. The zero-order chi connectivity index (χ0) is 13.8. The molecular formula is C16H34N2. The van der Waals surface area contributed by atoms with Gasteiger partial charge in [-0.1, -0.05) is 34.1 Å². The van der Waals surface area contributed by atoms with Crippen molar-refractivity contribution in [3.63, 3.8) is 0 Å². The minimum absolute atomic E-state index is 0.315. The first-order valence-electron chi connectivity index (χ1n) is 7.83. The van der Waals surface area contributed by atoms with Gasteiger partial charge in [0, 0.05) is 31.2 Å². The van der Waals surface area contributed by atoms with E-state index in [0.29, 0.717) is 11.6 Å². The van der Waals surface area contributed by atoms with Crippen LogP contribution < -0.4 is 5.32 Å². The molecule has 1 fully saturated rings. The van der Waals surface area contributed by atoms with Crippen molar-refractivity contribution in [1.29, 1.82) is 0 Å². The lowest BCUT2D eigenvalue weighted by atomic mass is 9.92. The zero-order valence-corrected chi connectivity index (χ0v) is 13.4. The Kier molecular flexibility index (Phi) is 6.13. The van der Waals surface area contributed by atoms with Gasteiger partial charge in [0.25, 0.3) is 0 Å². The molecule has 1 aliphatic heterocycles. The van der Waals surface area contributed by atoms with Gasteiger partial charge in [-0.25, -0.2) is 0 Å². The fourth-order valence-electron chi connectivity index (χ4n) is 3.09. The second-order valence-electron chi connectivity index (χ2n) is 7.32. The molecule has 0 saturated carbocycles. The van der Waals surface area contributed by atoms with Crippen LogP contribution in [-0.2, 0) is 0 Å². The van der Waals surface area contributed by atoms with Crippen LogP contribution >= 0.6 is 0 Å². The van der Waals surface area contributed by atoms with Crippen LogP contribution in [0.5, 0.6) is 0 Å². The van der Waals surface area contributed by atoms with Gasteiger partial charge in [0.05, 0.1) is 0 Å². The molecular weight excluding hydrogens is 220 g/mol. The first-order valence-corrected chi connectivity index (χ1v) is 7.83. The molecule has 2 atom stereocenters. The average Bonchev–Trinajstić information content (AvgIpc) is 2.23. The van der Waals surface area contributed by atoms with Crippen molar-refractivity contribution >= 4 is 0 Å². The predicted molar refractivity (Wildman–Crippen MR) is 81.0 cm³/mol. The SMILES string of the molecule is CCCC(C)CN1CC(CC(C)C)NCC1(C)C. The summed E-state index contributed by atoms with van der Waals surface area (Å²) < 4.78 is 0. The molecule has 2 unspecified atom stereocenters. The second kappa shape index (κ2) is 6.91. The fourth-order valence-corrected chi connectivity index (χ4v) is 3.09. The summed E-state index contributed by atoms with van der Waals surface area (Å²) in [5.74, 6) is 1.62. The fraction of sp³-hybridized carbons (Fsp3) is 1.00. The third-order valence-electron chi connectivity index (χ3n) is 4.19. The number of piperazine rings is 1. The van der Waals surface area contributed by atoms with Crippen molar-refractivity contribution in [2.45, 2.75) is 72.4 Å². The van der Waals surface area contributed by atoms with Gasteiger partial charge in [-0.2, -0.15) is 0 Å². The third kappa shape index (κ3) is 4.89. The Morgan fingerprint density at radius 1 is 1.28 bits per heavy atom. The summed E-state index contributed by atoms with van der Waals surface area (Å²) in [6, 6.07) is 0.687. The summed E-state index contributed by atoms with van der Waals surface area (Å²) in [4.78, 5) is 2.72. The Morgan fingerprint density at radius 3 is 2.50 bits per heavy atom. The summed E-state index contributed by atoms with van der Waals surface area (Å²) in [5, 5.41) is 3.73. The molecule has 0 amide bonds. The first kappa shape index (κ1) is 16.0. The lowest BCUT2D eigenvalue weighted by Crippen LogP contribution is -2.62. The molecule has 1 saturated heterocycles. The van der Waals surface area contributed by atoms with Crippen molar-refractivity contribution in [2.24, 2.45) is 11.8 Å². The van der Waals surface area contributed by atoms with Gasteiger partial charge in [0.2, 0.25) is 0 Å². The molecule has 1 heterocycles. The highest BCUT2D eigenvalue weighted by molar-refractivity contribution is 4.93. The van der Waals surface area contributed by atoms with E-state index in [-0.39, 0.29) is 0 Å². The molecule has 0 spiro atoms. The second-order valence-corrected chi connectivity index (χ2v) is 7.32. The predicted octanol–water partition coefficient (Wildman–Crippen LogP) is 3.52. The number of nitrogens with one attached hydrogen (secondary N) is 1. The minimum Gasteiger partial charge on any atom is -0.311 e. The Bertz CT molecular complexity index is 235. The highest BCUT2D eigenvalue weighted by Gasteiger charge is 2.34. The summed E-state index contributed by atoms with van der Waals surface area (Å²) >= 11 is 0. The molecule has 0 bridgehead atoms. The quantitative estimate of drug-likeness (QED) is 0.780. The van der Waals surface area contributed by atoms with Crippen LogP contribution in [0.15, 0.2) is 0 Å². The lowest BCUT2D eigenvalue weighted by Gasteiger charge is -2.47. The lowest BCUT2D eigenvalue weighted by molar-refractivity contribution is 0.0470. The van der Waals surface area contributed by atoms with E-state index in [9.17, 15) is 0 Å². The van der Waals surface area contributed by atoms with E-state index in [2.05, 4.69) is 51.8 Å². The summed E-state index contributed by atoms with van der Waals surface area (Å²) in [5.41, 5.74) is 0.315. The Hall–Kier alpha value is -0.0800. The molecule has 0 radical (unpaired) electrons. The minimum atomic E-state index is 0.315. The zero-order valence-electron chi connectivity index (χ0n) is 13.4. The maximum Gasteiger partial charge on any atom is 0.0278 e. The number of rotatable bonds is 6. The molecule has 1 aliphatic rings. The summed E-state index contributed by atoms with van der Waals surface area (Å²) in [7, 11) is 0. The number of hydrogen-bond acceptors (Lipinski definition) is 2. The third-order valence-corrected chi connectivity index (χ3v) is 4.19. The Morgan fingerprint density at radius 2 is 1.94 bits per heavy atom. The Balaban J connectivity index is 2.54. The molecule has 0 aromatic rings. The van der Waals surface area contributed by atoms with Crippen LogP contribution in [0.1, 0.15) is 60.8 Å². The smallest absolute Gasteiger partial charge is 0.0278 e. The van der Waals surface area contributed by atoms with Gasteiger partial charge in [-0.05, 0) is 38.5 Å². The van der Waals surface area contributed by atoms with E-state index in [1.54, 1.807) is 0 Å². The van der Waals surface area contributed by atoms with Crippen molar-refractivity contribution in [1.82, 2.24) is 10.2 Å². The maximum absolute atomic E-state index is 3.73. The van der Waals surface area contributed by atoms with Crippen LogP contribution in [0.3, 0.4) is 0 Å². The highest BCUT2D eigenvalue weighted by atomic mass is 15.3. The molecule has 2 nitrogen and oxygen atoms in total. The Labute approximate surface area is 115 Å². The van der Waals surface area contributed by atoms with Gasteiger partial charge in [0.15, 0.2) is 0 Å². The van der Waals surface area contributed by atoms with E-state index < -0.39 is 0 Å². The van der Waals surface area contributed by atoms with Crippen molar-refractivity contribution in [3.8, 4) is 0 Å². The van der Waals surface area contributed by atoms with Gasteiger partial charge in [-0.15, -0.1) is 0 Å². The van der Waals surface area contributed by atoms with Gasteiger partial charge in [0.1, 0.15) is 0 Å². The van der Waals surface area contributed by atoms with E-state index in [0.717, 1.165) is 18.4 Å². The van der Waals surface area contributed by atoms with E-state index in [1.165, 1.54) is 32.4 Å². The summed E-state index contributed by atoms with van der Waals surface area (Å²) in [6.45, 7) is 17.7. The van der Waals surface area contributed by atoms with E-state index >= 15 is 0 Å². The maximum atomic E-state index is 3.73. The number of hydrogen-bond donors (Lipinski definition) is 1. The molecule has 2 heteroatoms. The van der Waals surface area contributed by atoms with Gasteiger partial charge >= 0.3 is 0 Å². The van der Waals surface area contributed by atoms with Crippen LogP contribution in [0.4, 0.5) is 0 Å². The normalized spacial score (nSPS) is 26.5. The molecule has 108 valence electrons. The molecule has 0 aromatic carbocycles. The summed E-state index contributed by atoms with van der Waals surface area (Å²) in [6.07, 6.45) is 3.96. The van der Waals surface area contributed by atoms with Crippen molar-refractivity contribution in [2.75, 3.05) is 19.6 Å². The molecule has 0 aliphatic carbocycles. The molecule has 1 N–H and O–H groups in total. The van der Waals surface area contributed by atoms with Crippen molar-refractivity contribution < 1.29 is 0 Å². The van der Waals surface area contributed by atoms with E-state index in [4.69, 9.17) is 0 Å². The molecule has 1 rings (SSSR count). The van der Waals surface area contributed by atoms with Gasteiger partial charge < -0.3 is 5.32 Å². The van der Waals surface area contributed by atoms with Crippen LogP contribution in [0.2, 0.25) is 0 Å². The van der Waals surface area contributed by atoms with Crippen LogP contribution in [0.25, 0.3) is 0 Å². The first-order chi connectivity index (χ1) is 8.35. The van der Waals surface area contributed by atoms with E-state index in [1.807, 2.05) is 0 Å². The monoisotopic (exact) mass is 254 g/mol. The van der Waals surface area contributed by atoms with Crippen LogP contribution in [0, 0.1) is 11.8 Å². The molecule has 18 heavy (non-hydrogen) atoms. The topological polar surface area (TPSA) is 15.3 Å². The van der Waals surface area contributed by atoms with Crippen LogP contribution in [-0.4, -0.2) is 36.1 Å². The van der Waals surface area contributed by atoms with Gasteiger partial charge in [-0.3, -0.25) is 4.90 Å². The largest absolute Gasteiger partial charge is 0.311 e. The van der Waals surface area contributed by atoms with Crippen molar-refractivity contribution in [3.05, 3.63) is 0 Å². The standard InChI is InChI=1S/C16H34N2/c1-7-8-14(4)10-18-11-15(9-13(2)3)17-12-16(18,5)6/h13-15,17H,7-12H2,1-6H3.